The maximum absolute atomic E-state index is 11.1. The van der Waals surface area contributed by atoms with E-state index in [4.69, 9.17) is 4.74 Å². The fourth-order valence-electron chi connectivity index (χ4n) is 2.91. The van der Waals surface area contributed by atoms with Gasteiger partial charge in [-0.3, -0.25) is 4.68 Å². The van der Waals surface area contributed by atoms with Crippen LogP contribution in [0.1, 0.15) is 39.3 Å². The summed E-state index contributed by atoms with van der Waals surface area (Å²) in [6, 6.07) is 0. The van der Waals surface area contributed by atoms with Crippen LogP contribution in [0, 0.1) is 5.41 Å². The van der Waals surface area contributed by atoms with Crippen molar-refractivity contribution < 1.29 is 9.84 Å². The molecule has 0 bridgehead atoms. The Morgan fingerprint density at radius 3 is 2.79 bits per heavy atom. The highest BCUT2D eigenvalue weighted by Crippen LogP contribution is 2.46. The van der Waals surface area contributed by atoms with Crippen molar-refractivity contribution in [2.24, 2.45) is 5.41 Å². The van der Waals surface area contributed by atoms with Gasteiger partial charge in [0.15, 0.2) is 5.75 Å². The Bertz CT molecular complexity index is 445. The Balaban J connectivity index is 2.40. The molecule has 0 aromatic carbocycles. The average Bonchev–Trinajstić information content (AvgIpc) is 2.71. The second kappa shape index (κ2) is 5.37. The van der Waals surface area contributed by atoms with Gasteiger partial charge in [-0.05, 0) is 24.0 Å². The summed E-state index contributed by atoms with van der Waals surface area (Å²) >= 11 is 1.81. The van der Waals surface area contributed by atoms with Crippen LogP contribution in [-0.4, -0.2) is 33.5 Å². The Labute approximate surface area is 119 Å². The molecule has 1 aliphatic rings. The van der Waals surface area contributed by atoms with Crippen molar-refractivity contribution in [2.75, 3.05) is 18.6 Å². The van der Waals surface area contributed by atoms with Crippen LogP contribution in [0.2, 0.25) is 0 Å². The van der Waals surface area contributed by atoms with E-state index in [2.05, 4.69) is 25.9 Å². The van der Waals surface area contributed by atoms with Gasteiger partial charge in [0, 0.05) is 12.3 Å². The molecule has 1 saturated heterocycles. The van der Waals surface area contributed by atoms with Crippen molar-refractivity contribution >= 4 is 11.8 Å². The average molecular weight is 284 g/mol. The number of hydrogen-bond donors (Lipinski definition) is 1. The number of aliphatic hydroxyl groups is 1. The lowest BCUT2D eigenvalue weighted by molar-refractivity contribution is 0.00553. The first-order valence-corrected chi connectivity index (χ1v) is 7.98. The van der Waals surface area contributed by atoms with Crippen LogP contribution >= 0.6 is 11.8 Å². The molecule has 1 aliphatic heterocycles. The Hall–Kier alpha value is -0.680. The van der Waals surface area contributed by atoms with Crippen molar-refractivity contribution in [1.29, 1.82) is 0 Å². The highest BCUT2D eigenvalue weighted by Gasteiger charge is 2.44. The number of rotatable bonds is 4. The van der Waals surface area contributed by atoms with Crippen molar-refractivity contribution in [2.45, 2.75) is 45.8 Å². The van der Waals surface area contributed by atoms with E-state index in [1.54, 1.807) is 25.1 Å². The van der Waals surface area contributed by atoms with E-state index in [0.29, 0.717) is 11.5 Å². The van der Waals surface area contributed by atoms with Crippen LogP contribution in [0.25, 0.3) is 0 Å². The van der Waals surface area contributed by atoms with Crippen molar-refractivity contribution in [1.82, 2.24) is 9.78 Å². The maximum Gasteiger partial charge on any atom is 0.162 e. The van der Waals surface area contributed by atoms with Crippen LogP contribution in [-0.2, 0) is 12.1 Å². The second-order valence-electron chi connectivity index (χ2n) is 6.15. The van der Waals surface area contributed by atoms with Crippen LogP contribution in [0.15, 0.2) is 6.20 Å². The summed E-state index contributed by atoms with van der Waals surface area (Å²) in [5.74, 6) is 2.50. The van der Waals surface area contributed by atoms with Gasteiger partial charge in [0.05, 0.1) is 13.3 Å². The molecule has 0 aliphatic carbocycles. The van der Waals surface area contributed by atoms with Crippen molar-refractivity contribution in [3.63, 3.8) is 0 Å². The van der Waals surface area contributed by atoms with Gasteiger partial charge in [-0.15, -0.1) is 0 Å². The lowest BCUT2D eigenvalue weighted by atomic mass is 9.80. The molecule has 2 rings (SSSR count). The fourth-order valence-corrected chi connectivity index (χ4v) is 4.24. The number of ether oxygens (including phenoxy) is 1. The molecule has 4 nitrogen and oxygen atoms in total. The molecule has 1 atom stereocenters. The SMILES string of the molecule is CCCn1ncc(OC)c1C1(O)CSCC(C)(C)C1. The molecule has 5 heteroatoms. The van der Waals surface area contributed by atoms with E-state index in [0.717, 1.165) is 30.8 Å². The Morgan fingerprint density at radius 1 is 1.47 bits per heavy atom. The molecular formula is C14H24N2O2S. The molecule has 1 N–H and O–H groups in total. The van der Waals surface area contributed by atoms with Crippen LogP contribution in [0.4, 0.5) is 0 Å². The van der Waals surface area contributed by atoms with Gasteiger partial charge >= 0.3 is 0 Å². The van der Waals surface area contributed by atoms with Gasteiger partial charge in [0.2, 0.25) is 0 Å². The Kier molecular flexibility index (Phi) is 4.16. The minimum Gasteiger partial charge on any atom is -0.493 e. The van der Waals surface area contributed by atoms with Crippen LogP contribution in [0.5, 0.6) is 5.75 Å². The highest BCUT2D eigenvalue weighted by molar-refractivity contribution is 7.99. The molecule has 19 heavy (non-hydrogen) atoms. The van der Waals surface area contributed by atoms with E-state index in [1.807, 2.05) is 4.68 Å². The van der Waals surface area contributed by atoms with E-state index in [-0.39, 0.29) is 5.41 Å². The van der Waals surface area contributed by atoms with Gasteiger partial charge < -0.3 is 9.84 Å². The zero-order valence-electron chi connectivity index (χ0n) is 12.3. The number of thioether (sulfide) groups is 1. The molecule has 0 radical (unpaired) electrons. The summed E-state index contributed by atoms with van der Waals surface area (Å²) in [6.45, 7) is 7.34. The third kappa shape index (κ3) is 2.92. The number of nitrogens with zero attached hydrogens (tertiary/aromatic N) is 2. The quantitative estimate of drug-likeness (QED) is 0.923. The summed E-state index contributed by atoms with van der Waals surface area (Å²) in [7, 11) is 1.64. The standard InChI is InChI=1S/C14H24N2O2S/c1-5-6-16-12(11(18-4)7-15-16)14(17)8-13(2,3)9-19-10-14/h7,17H,5-6,8-10H2,1-4H3. The summed E-state index contributed by atoms with van der Waals surface area (Å²) < 4.78 is 7.31. The molecule has 2 heterocycles. The molecule has 1 aromatic heterocycles. The minimum absolute atomic E-state index is 0.129. The second-order valence-corrected chi connectivity index (χ2v) is 7.14. The molecule has 1 aromatic rings. The van der Waals surface area contributed by atoms with Gasteiger partial charge in [-0.2, -0.15) is 16.9 Å². The highest BCUT2D eigenvalue weighted by atomic mass is 32.2. The first-order chi connectivity index (χ1) is 8.92. The predicted octanol–water partition coefficient (Wildman–Crippen LogP) is 2.65. The van der Waals surface area contributed by atoms with Crippen LogP contribution < -0.4 is 4.74 Å². The van der Waals surface area contributed by atoms with Crippen molar-refractivity contribution in [3.8, 4) is 5.75 Å². The van der Waals surface area contributed by atoms with Gasteiger partial charge in [0.1, 0.15) is 11.3 Å². The van der Waals surface area contributed by atoms with Crippen molar-refractivity contribution in [3.05, 3.63) is 11.9 Å². The Morgan fingerprint density at radius 2 is 2.21 bits per heavy atom. The van der Waals surface area contributed by atoms with E-state index < -0.39 is 5.60 Å². The molecule has 0 spiro atoms. The summed E-state index contributed by atoms with van der Waals surface area (Å²) in [5.41, 5.74) is 0.130. The number of methoxy groups -OCH3 is 1. The number of aryl methyl sites for hydroxylation is 1. The normalized spacial score (nSPS) is 26.4. The first-order valence-electron chi connectivity index (χ1n) is 6.82. The first kappa shape index (κ1) is 14.7. The summed E-state index contributed by atoms with van der Waals surface area (Å²) in [4.78, 5) is 0. The molecule has 108 valence electrons. The molecule has 1 fully saturated rings. The smallest absolute Gasteiger partial charge is 0.162 e. The third-order valence-corrected chi connectivity index (χ3v) is 5.17. The van der Waals surface area contributed by atoms with Gasteiger partial charge in [-0.25, -0.2) is 0 Å². The monoisotopic (exact) mass is 284 g/mol. The molecule has 0 amide bonds. The van der Waals surface area contributed by atoms with Gasteiger partial charge in [-0.1, -0.05) is 20.8 Å². The van der Waals surface area contributed by atoms with E-state index in [9.17, 15) is 5.11 Å². The van der Waals surface area contributed by atoms with Crippen LogP contribution in [0.3, 0.4) is 0 Å². The maximum atomic E-state index is 11.1. The predicted molar refractivity (Wildman–Crippen MR) is 78.7 cm³/mol. The lowest BCUT2D eigenvalue weighted by Crippen LogP contribution is -2.42. The fraction of sp³-hybridized carbons (Fsp3) is 0.786. The summed E-state index contributed by atoms with van der Waals surface area (Å²) in [6.07, 6.45) is 3.46. The number of aromatic nitrogens is 2. The molecular weight excluding hydrogens is 260 g/mol. The molecule has 1 unspecified atom stereocenters. The summed E-state index contributed by atoms with van der Waals surface area (Å²) in [5, 5.41) is 15.5. The largest absolute Gasteiger partial charge is 0.493 e. The van der Waals surface area contributed by atoms with E-state index in [1.165, 1.54) is 0 Å². The topological polar surface area (TPSA) is 47.3 Å². The minimum atomic E-state index is -0.844. The van der Waals surface area contributed by atoms with E-state index >= 15 is 0 Å². The van der Waals surface area contributed by atoms with Gasteiger partial charge in [0.25, 0.3) is 0 Å². The molecule has 0 saturated carbocycles. The zero-order chi connectivity index (χ0) is 14.1. The zero-order valence-corrected chi connectivity index (χ0v) is 13.1. The lowest BCUT2D eigenvalue weighted by Gasteiger charge is -2.41. The number of hydrogen-bond acceptors (Lipinski definition) is 4. The third-order valence-electron chi connectivity index (χ3n) is 3.51.